The molecule has 2 N–H and O–H groups in total. The topological polar surface area (TPSA) is 67.4 Å². The van der Waals surface area contributed by atoms with Crippen molar-refractivity contribution in [2.45, 2.75) is 12.8 Å². The van der Waals surface area contributed by atoms with E-state index in [0.717, 1.165) is 12.8 Å². The fraction of sp³-hybridized carbons (Fsp3) is 0.263. The Balaban J connectivity index is 1.54. The van der Waals surface area contributed by atoms with E-state index in [0.29, 0.717) is 17.3 Å². The minimum Gasteiger partial charge on any atom is -0.484 e. The first kappa shape index (κ1) is 18.8. The van der Waals surface area contributed by atoms with E-state index in [9.17, 15) is 9.59 Å². The zero-order chi connectivity index (χ0) is 17.9. The Morgan fingerprint density at radius 3 is 2.36 bits per heavy atom. The van der Waals surface area contributed by atoms with E-state index in [2.05, 4.69) is 22.8 Å². The average molecular weight is 361 g/mol. The molecule has 0 aliphatic carbocycles. The molecule has 0 saturated heterocycles. The maximum Gasteiger partial charge on any atom is 0.258 e. The highest BCUT2D eigenvalue weighted by molar-refractivity contribution is 6.30. The van der Waals surface area contributed by atoms with Crippen LogP contribution in [0.2, 0.25) is 5.02 Å². The normalized spacial score (nSPS) is 10.1. The molecule has 0 radical (unpaired) electrons. The molecule has 2 aromatic carbocycles. The lowest BCUT2D eigenvalue weighted by molar-refractivity contribution is -0.127. The zero-order valence-corrected chi connectivity index (χ0v) is 14.6. The van der Waals surface area contributed by atoms with Crippen molar-refractivity contribution in [2.75, 3.05) is 19.7 Å². The van der Waals surface area contributed by atoms with Crippen LogP contribution in [0.1, 0.15) is 12.0 Å². The second-order valence-electron chi connectivity index (χ2n) is 5.46. The molecule has 0 fully saturated rings. The Bertz CT molecular complexity index is 675. The molecule has 6 heteroatoms. The maximum absolute atomic E-state index is 11.7. The molecule has 132 valence electrons. The van der Waals surface area contributed by atoms with Crippen LogP contribution in [0.4, 0.5) is 0 Å². The third-order valence-electron chi connectivity index (χ3n) is 3.44. The van der Waals surface area contributed by atoms with E-state index >= 15 is 0 Å². The molecule has 25 heavy (non-hydrogen) atoms. The molecule has 0 aliphatic heterocycles. The molecule has 2 aromatic rings. The van der Waals surface area contributed by atoms with Crippen LogP contribution in [0.5, 0.6) is 5.75 Å². The molecule has 0 unspecified atom stereocenters. The third-order valence-corrected chi connectivity index (χ3v) is 3.69. The molecule has 0 heterocycles. The Morgan fingerprint density at radius 2 is 1.64 bits per heavy atom. The summed E-state index contributed by atoms with van der Waals surface area (Å²) in [7, 11) is 0. The summed E-state index contributed by atoms with van der Waals surface area (Å²) in [5.41, 5.74) is 1.24. The van der Waals surface area contributed by atoms with Crippen molar-refractivity contribution in [3.63, 3.8) is 0 Å². The summed E-state index contributed by atoms with van der Waals surface area (Å²) in [6.07, 6.45) is 1.76. The molecule has 0 aliphatic rings. The SMILES string of the molecule is O=C(CNC(=O)COc1ccc(Cl)cc1)NCCCc1ccccc1. The van der Waals surface area contributed by atoms with E-state index < -0.39 is 0 Å². The minimum absolute atomic E-state index is 0.0614. The fourth-order valence-corrected chi connectivity index (χ4v) is 2.26. The van der Waals surface area contributed by atoms with Gasteiger partial charge in [0.15, 0.2) is 6.61 Å². The first-order valence-electron chi connectivity index (χ1n) is 8.09. The smallest absolute Gasteiger partial charge is 0.258 e. The van der Waals surface area contributed by atoms with Crippen LogP contribution in [0, 0.1) is 0 Å². The number of aryl methyl sites for hydroxylation is 1. The van der Waals surface area contributed by atoms with E-state index in [4.69, 9.17) is 16.3 Å². The van der Waals surface area contributed by atoms with Gasteiger partial charge < -0.3 is 15.4 Å². The summed E-state index contributed by atoms with van der Waals surface area (Å²) in [5.74, 6) is -0.0211. The van der Waals surface area contributed by atoms with E-state index in [1.54, 1.807) is 24.3 Å². The van der Waals surface area contributed by atoms with Crippen molar-refractivity contribution in [3.05, 3.63) is 65.2 Å². The highest BCUT2D eigenvalue weighted by Gasteiger charge is 2.06. The van der Waals surface area contributed by atoms with E-state index in [1.807, 2.05) is 18.2 Å². The number of hydrogen-bond acceptors (Lipinski definition) is 3. The number of amides is 2. The van der Waals surface area contributed by atoms with Gasteiger partial charge in [-0.05, 0) is 42.7 Å². The van der Waals surface area contributed by atoms with Crippen LogP contribution in [-0.4, -0.2) is 31.5 Å². The van der Waals surface area contributed by atoms with Crippen LogP contribution < -0.4 is 15.4 Å². The highest BCUT2D eigenvalue weighted by Crippen LogP contribution is 2.15. The van der Waals surface area contributed by atoms with Gasteiger partial charge in [-0.2, -0.15) is 0 Å². The van der Waals surface area contributed by atoms with Crippen molar-refractivity contribution in [1.82, 2.24) is 10.6 Å². The van der Waals surface area contributed by atoms with Crippen molar-refractivity contribution < 1.29 is 14.3 Å². The lowest BCUT2D eigenvalue weighted by atomic mass is 10.1. The number of hydrogen-bond donors (Lipinski definition) is 2. The largest absolute Gasteiger partial charge is 0.484 e. The molecule has 2 rings (SSSR count). The van der Waals surface area contributed by atoms with Crippen molar-refractivity contribution in [3.8, 4) is 5.75 Å². The predicted molar refractivity (Wildman–Crippen MR) is 97.7 cm³/mol. The Labute approximate surface area is 152 Å². The average Bonchev–Trinajstić information content (AvgIpc) is 2.64. The quantitative estimate of drug-likeness (QED) is 0.675. The summed E-state index contributed by atoms with van der Waals surface area (Å²) in [6, 6.07) is 16.8. The van der Waals surface area contributed by atoms with E-state index in [1.165, 1.54) is 5.56 Å². The van der Waals surface area contributed by atoms with Crippen molar-refractivity contribution >= 4 is 23.4 Å². The lowest BCUT2D eigenvalue weighted by Gasteiger charge is -2.08. The number of ether oxygens (including phenoxy) is 1. The number of carbonyl (C=O) groups excluding carboxylic acids is 2. The van der Waals surface area contributed by atoms with Gasteiger partial charge in [0.05, 0.1) is 6.54 Å². The lowest BCUT2D eigenvalue weighted by Crippen LogP contribution is -2.39. The highest BCUT2D eigenvalue weighted by atomic mass is 35.5. The van der Waals surface area contributed by atoms with Crippen LogP contribution in [0.15, 0.2) is 54.6 Å². The molecule has 0 atom stereocenters. The molecule has 0 spiro atoms. The van der Waals surface area contributed by atoms with Gasteiger partial charge in [0, 0.05) is 11.6 Å². The van der Waals surface area contributed by atoms with Crippen molar-refractivity contribution in [1.29, 1.82) is 0 Å². The molecule has 5 nitrogen and oxygen atoms in total. The zero-order valence-electron chi connectivity index (χ0n) is 13.8. The van der Waals surface area contributed by atoms with Gasteiger partial charge in [-0.25, -0.2) is 0 Å². The summed E-state index contributed by atoms with van der Waals surface area (Å²) >= 11 is 5.77. The number of nitrogens with one attached hydrogen (secondary N) is 2. The van der Waals surface area contributed by atoms with Gasteiger partial charge in [0.1, 0.15) is 5.75 Å². The summed E-state index contributed by atoms with van der Waals surface area (Å²) in [5, 5.41) is 5.90. The molecule has 0 aromatic heterocycles. The van der Waals surface area contributed by atoms with Gasteiger partial charge in [-0.15, -0.1) is 0 Å². The van der Waals surface area contributed by atoms with Gasteiger partial charge in [0.2, 0.25) is 5.91 Å². The second-order valence-corrected chi connectivity index (χ2v) is 5.89. The van der Waals surface area contributed by atoms with Gasteiger partial charge >= 0.3 is 0 Å². The standard InChI is InChI=1S/C19H21ClN2O3/c20-16-8-10-17(11-9-16)25-14-19(24)22-13-18(23)21-12-4-7-15-5-2-1-3-6-15/h1-3,5-6,8-11H,4,7,12-14H2,(H,21,23)(H,22,24). The van der Waals surface area contributed by atoms with Crippen LogP contribution in [0.25, 0.3) is 0 Å². The first-order chi connectivity index (χ1) is 12.1. The summed E-state index contributed by atoms with van der Waals surface area (Å²) in [6.45, 7) is 0.363. The van der Waals surface area contributed by atoms with Crippen LogP contribution in [-0.2, 0) is 16.0 Å². The number of carbonyl (C=O) groups is 2. The van der Waals surface area contributed by atoms with Crippen LogP contribution in [0.3, 0.4) is 0 Å². The monoisotopic (exact) mass is 360 g/mol. The molecular formula is C19H21ClN2O3. The molecule has 2 amide bonds. The second kappa shape index (κ2) is 10.4. The fourth-order valence-electron chi connectivity index (χ4n) is 2.14. The van der Waals surface area contributed by atoms with Crippen molar-refractivity contribution in [2.24, 2.45) is 0 Å². The van der Waals surface area contributed by atoms with Gasteiger partial charge in [0.25, 0.3) is 5.91 Å². The Morgan fingerprint density at radius 1 is 0.920 bits per heavy atom. The van der Waals surface area contributed by atoms with Crippen LogP contribution >= 0.6 is 11.6 Å². The number of rotatable bonds is 9. The number of halogens is 1. The van der Waals surface area contributed by atoms with Gasteiger partial charge in [-0.3, -0.25) is 9.59 Å². The number of benzene rings is 2. The third kappa shape index (κ3) is 7.72. The first-order valence-corrected chi connectivity index (χ1v) is 8.47. The molecular weight excluding hydrogens is 340 g/mol. The van der Waals surface area contributed by atoms with Gasteiger partial charge in [-0.1, -0.05) is 41.9 Å². The van der Waals surface area contributed by atoms with E-state index in [-0.39, 0.29) is 25.0 Å². The summed E-state index contributed by atoms with van der Waals surface area (Å²) in [4.78, 5) is 23.3. The maximum atomic E-state index is 11.7. The molecule has 0 saturated carbocycles. The Hall–Kier alpha value is -2.53. The minimum atomic E-state index is -0.352. The summed E-state index contributed by atoms with van der Waals surface area (Å²) < 4.78 is 5.30. The molecule has 0 bridgehead atoms. The Kier molecular flexibility index (Phi) is 7.79. The predicted octanol–water partition coefficient (Wildman–Crippen LogP) is 2.58.